The molecule has 0 aromatic heterocycles. The molecule has 188 valence electrons. The summed E-state index contributed by atoms with van der Waals surface area (Å²) in [6, 6.07) is 26.9. The van der Waals surface area contributed by atoms with Crippen LogP contribution in [0.1, 0.15) is 21.5 Å². The third-order valence-corrected chi connectivity index (χ3v) is 7.51. The number of anilines is 1. The van der Waals surface area contributed by atoms with E-state index in [1.165, 1.54) is 31.4 Å². The first-order valence-electron chi connectivity index (χ1n) is 11.4. The number of para-hydroxylation sites is 1. The van der Waals surface area contributed by atoms with Gasteiger partial charge in [0.2, 0.25) is 15.7 Å². The van der Waals surface area contributed by atoms with Crippen LogP contribution < -0.4 is 10.1 Å². The van der Waals surface area contributed by atoms with Crippen LogP contribution >= 0.6 is 0 Å². The van der Waals surface area contributed by atoms with E-state index in [4.69, 9.17) is 9.47 Å². The van der Waals surface area contributed by atoms with Crippen molar-refractivity contribution in [2.45, 2.75) is 16.7 Å². The zero-order valence-corrected chi connectivity index (χ0v) is 21.5. The van der Waals surface area contributed by atoms with Gasteiger partial charge in [-0.2, -0.15) is 0 Å². The maximum absolute atomic E-state index is 13.2. The molecule has 4 rings (SSSR count). The van der Waals surface area contributed by atoms with Crippen LogP contribution in [-0.2, 0) is 14.6 Å². The molecule has 0 atom stereocenters. The van der Waals surface area contributed by atoms with Gasteiger partial charge in [-0.15, -0.1) is 0 Å². The van der Waals surface area contributed by atoms with E-state index < -0.39 is 9.84 Å². The molecule has 0 saturated heterocycles. The van der Waals surface area contributed by atoms with Crippen LogP contribution in [0.3, 0.4) is 0 Å². The Kier molecular flexibility index (Phi) is 7.69. The topological polar surface area (TPSA) is 94.1 Å². The number of nitrogens with zero attached hydrogens (tertiary/aromatic N) is 1. The smallest absolute Gasteiger partial charge is 0.255 e. The van der Waals surface area contributed by atoms with Crippen molar-refractivity contribution in [1.82, 2.24) is 0 Å². The first-order valence-corrected chi connectivity index (χ1v) is 12.9. The number of hydrogen-bond donors (Lipinski definition) is 1. The van der Waals surface area contributed by atoms with E-state index in [1.807, 2.05) is 37.3 Å². The number of hydrogen-bond acceptors (Lipinski definition) is 6. The van der Waals surface area contributed by atoms with Gasteiger partial charge < -0.3 is 14.8 Å². The van der Waals surface area contributed by atoms with Gasteiger partial charge in [-0.25, -0.2) is 13.4 Å². The second-order valence-electron chi connectivity index (χ2n) is 8.11. The fraction of sp³-hybridized carbons (Fsp3) is 0.103. The van der Waals surface area contributed by atoms with Crippen LogP contribution in [0.2, 0.25) is 0 Å². The molecular formula is C29H26N2O5S. The number of ether oxygens (including phenoxy) is 2. The number of carbonyl (C=O) groups excluding carboxylic acids is 1. The molecule has 0 aliphatic heterocycles. The first-order chi connectivity index (χ1) is 17.8. The summed E-state index contributed by atoms with van der Waals surface area (Å²) in [5.74, 6) is 0.700. The van der Waals surface area contributed by atoms with Gasteiger partial charge in [-0.3, -0.25) is 4.79 Å². The molecule has 37 heavy (non-hydrogen) atoms. The molecule has 0 saturated carbocycles. The fourth-order valence-electron chi connectivity index (χ4n) is 3.73. The number of sulfone groups is 1. The minimum Gasteiger partial charge on any atom is -0.496 e. The Balaban J connectivity index is 1.52. The molecule has 0 aliphatic carbocycles. The van der Waals surface area contributed by atoms with E-state index in [0.29, 0.717) is 34.1 Å². The molecule has 4 aromatic rings. The predicted molar refractivity (Wildman–Crippen MR) is 144 cm³/mol. The zero-order chi connectivity index (χ0) is 26.4. The molecule has 7 nitrogen and oxygen atoms in total. The second kappa shape index (κ2) is 11.1. The number of aliphatic imine (C=N–C) groups is 1. The summed E-state index contributed by atoms with van der Waals surface area (Å²) >= 11 is 0. The minimum absolute atomic E-state index is 0.115. The Labute approximate surface area is 216 Å². The summed E-state index contributed by atoms with van der Waals surface area (Å²) in [6.45, 7) is 1.86. The lowest BCUT2D eigenvalue weighted by molar-refractivity contribution is 0.102. The molecule has 0 unspecified atom stereocenters. The number of aryl methyl sites for hydroxylation is 1. The highest BCUT2D eigenvalue weighted by atomic mass is 32.2. The summed E-state index contributed by atoms with van der Waals surface area (Å²) in [5.41, 5.74) is 3.12. The summed E-state index contributed by atoms with van der Waals surface area (Å²) in [7, 11) is -0.692. The average Bonchev–Trinajstić information content (AvgIpc) is 2.92. The van der Waals surface area contributed by atoms with E-state index >= 15 is 0 Å². The van der Waals surface area contributed by atoms with Crippen molar-refractivity contribution in [3.8, 4) is 5.75 Å². The summed E-state index contributed by atoms with van der Waals surface area (Å²) < 4.78 is 37.1. The highest BCUT2D eigenvalue weighted by Gasteiger charge is 2.18. The van der Waals surface area contributed by atoms with E-state index in [2.05, 4.69) is 10.3 Å². The predicted octanol–water partition coefficient (Wildman–Crippen LogP) is 5.81. The maximum Gasteiger partial charge on any atom is 0.255 e. The van der Waals surface area contributed by atoms with Crippen molar-refractivity contribution < 1.29 is 22.7 Å². The second-order valence-corrected chi connectivity index (χ2v) is 10.1. The summed E-state index contributed by atoms with van der Waals surface area (Å²) in [4.78, 5) is 17.3. The fourth-order valence-corrected chi connectivity index (χ4v) is 4.99. The van der Waals surface area contributed by atoms with Crippen molar-refractivity contribution in [3.05, 3.63) is 114 Å². The van der Waals surface area contributed by atoms with Gasteiger partial charge in [0.15, 0.2) is 0 Å². The van der Waals surface area contributed by atoms with Gasteiger partial charge in [0, 0.05) is 11.3 Å². The molecule has 0 heterocycles. The Hall–Kier alpha value is -4.43. The number of benzene rings is 4. The van der Waals surface area contributed by atoms with Crippen molar-refractivity contribution >= 4 is 33.0 Å². The average molecular weight is 515 g/mol. The zero-order valence-electron chi connectivity index (χ0n) is 20.6. The van der Waals surface area contributed by atoms with Gasteiger partial charge in [0.25, 0.3) is 5.91 Å². The van der Waals surface area contributed by atoms with Gasteiger partial charge in [0.1, 0.15) is 5.75 Å². The number of carbonyl (C=O) groups is 1. The molecular weight excluding hydrogens is 488 g/mol. The molecule has 1 N–H and O–H groups in total. The molecule has 8 heteroatoms. The van der Waals surface area contributed by atoms with Crippen molar-refractivity contribution in [3.63, 3.8) is 0 Å². The number of nitrogens with one attached hydrogen (secondary N) is 1. The van der Waals surface area contributed by atoms with E-state index in [-0.39, 0.29) is 15.7 Å². The summed E-state index contributed by atoms with van der Waals surface area (Å²) in [5, 5.41) is 2.80. The Morgan fingerprint density at radius 3 is 1.92 bits per heavy atom. The lowest BCUT2D eigenvalue weighted by Gasteiger charge is -2.10. The molecule has 0 bridgehead atoms. The quantitative estimate of drug-likeness (QED) is 0.248. The van der Waals surface area contributed by atoms with E-state index in [9.17, 15) is 13.2 Å². The lowest BCUT2D eigenvalue weighted by Crippen LogP contribution is -2.13. The van der Waals surface area contributed by atoms with Crippen molar-refractivity contribution in [2.75, 3.05) is 19.5 Å². The van der Waals surface area contributed by atoms with Crippen LogP contribution in [-0.4, -0.2) is 34.4 Å². The van der Waals surface area contributed by atoms with Gasteiger partial charge in [0.05, 0.1) is 35.3 Å². The number of rotatable bonds is 7. The third-order valence-electron chi connectivity index (χ3n) is 5.72. The highest BCUT2D eigenvalue weighted by molar-refractivity contribution is 7.91. The maximum atomic E-state index is 13.2. The highest BCUT2D eigenvalue weighted by Crippen LogP contribution is 2.26. The Morgan fingerprint density at radius 2 is 1.32 bits per heavy atom. The van der Waals surface area contributed by atoms with Gasteiger partial charge in [-0.05, 0) is 79.2 Å². The van der Waals surface area contributed by atoms with Crippen molar-refractivity contribution in [2.24, 2.45) is 4.99 Å². The van der Waals surface area contributed by atoms with Gasteiger partial charge >= 0.3 is 0 Å². The van der Waals surface area contributed by atoms with E-state index in [1.54, 1.807) is 49.6 Å². The SMILES string of the molecule is CO/C(=N\c1ccc(S(=O)(=O)c2ccc(NC(=O)c3ccccc3C)cc2)cc1)c1ccccc1OC. The standard InChI is InChI=1S/C29H26N2O5S/c1-20-8-4-5-9-25(20)28(32)30-21-12-16-23(17-13-21)37(33,34)24-18-14-22(15-19-24)31-29(36-3)26-10-6-7-11-27(26)35-2/h4-19H,1-3H3,(H,30,32)/b31-29-. The van der Waals surface area contributed by atoms with Crippen LogP contribution in [0.25, 0.3) is 0 Å². The van der Waals surface area contributed by atoms with Crippen molar-refractivity contribution in [1.29, 1.82) is 0 Å². The van der Waals surface area contributed by atoms with Crippen LogP contribution in [0.5, 0.6) is 5.75 Å². The molecule has 0 radical (unpaired) electrons. The van der Waals surface area contributed by atoms with Gasteiger partial charge in [-0.1, -0.05) is 30.3 Å². The van der Waals surface area contributed by atoms with E-state index in [0.717, 1.165) is 5.56 Å². The number of methoxy groups -OCH3 is 2. The summed E-state index contributed by atoms with van der Waals surface area (Å²) in [6.07, 6.45) is 0. The third kappa shape index (κ3) is 5.70. The minimum atomic E-state index is -3.77. The van der Waals surface area contributed by atoms with Crippen LogP contribution in [0.15, 0.2) is 112 Å². The number of amides is 1. The largest absolute Gasteiger partial charge is 0.496 e. The Bertz CT molecular complexity index is 1540. The first kappa shape index (κ1) is 25.7. The molecule has 4 aromatic carbocycles. The molecule has 0 aliphatic rings. The lowest BCUT2D eigenvalue weighted by atomic mass is 10.1. The normalized spacial score (nSPS) is 11.6. The Morgan fingerprint density at radius 1 is 0.757 bits per heavy atom. The van der Waals surface area contributed by atoms with Crippen LogP contribution in [0.4, 0.5) is 11.4 Å². The van der Waals surface area contributed by atoms with Crippen LogP contribution in [0, 0.1) is 6.92 Å². The molecule has 0 spiro atoms. The monoisotopic (exact) mass is 514 g/mol. The molecule has 0 fully saturated rings. The molecule has 1 amide bonds.